The highest BCUT2D eigenvalue weighted by molar-refractivity contribution is 5.81. The summed E-state index contributed by atoms with van der Waals surface area (Å²) in [6.45, 7) is 1.86. The maximum Gasteiger partial charge on any atom is 0.163 e. The summed E-state index contributed by atoms with van der Waals surface area (Å²) in [7, 11) is 0. The third kappa shape index (κ3) is 1.80. The Morgan fingerprint density at radius 3 is 2.70 bits per heavy atom. The van der Waals surface area contributed by atoms with Gasteiger partial charge in [0.05, 0.1) is 23.5 Å². The van der Waals surface area contributed by atoms with Gasteiger partial charge in [-0.1, -0.05) is 0 Å². The van der Waals surface area contributed by atoms with E-state index in [1.54, 1.807) is 0 Å². The van der Waals surface area contributed by atoms with Crippen molar-refractivity contribution in [3.63, 3.8) is 0 Å². The monoisotopic (exact) mass is 269 g/mol. The predicted octanol–water partition coefficient (Wildman–Crippen LogP) is 2.60. The summed E-state index contributed by atoms with van der Waals surface area (Å²) >= 11 is 0. The smallest absolute Gasteiger partial charge is 0.163 e. The topological polar surface area (TPSA) is 60.1 Å². The van der Waals surface area contributed by atoms with Crippen LogP contribution in [0.5, 0.6) is 11.5 Å². The molecule has 1 fully saturated rings. The van der Waals surface area contributed by atoms with Crippen LogP contribution in [-0.2, 0) is 6.54 Å². The number of imidazole rings is 1. The zero-order valence-corrected chi connectivity index (χ0v) is 11.1. The van der Waals surface area contributed by atoms with Crippen LogP contribution in [-0.4, -0.2) is 22.8 Å². The Morgan fingerprint density at radius 1 is 1.25 bits per heavy atom. The van der Waals surface area contributed by atoms with E-state index >= 15 is 0 Å². The van der Waals surface area contributed by atoms with E-state index in [-0.39, 0.29) is 0 Å². The number of nitriles is 1. The number of aromatic nitrogens is 2. The number of nitrogens with zero attached hydrogens (tertiary/aromatic N) is 3. The average Bonchev–Trinajstić information content (AvgIpc) is 3.26. The Kier molecular flexibility index (Phi) is 2.56. The van der Waals surface area contributed by atoms with Gasteiger partial charge in [0.1, 0.15) is 19.0 Å². The summed E-state index contributed by atoms with van der Waals surface area (Å²) in [6, 6.07) is 6.17. The maximum atomic E-state index is 8.85. The van der Waals surface area contributed by atoms with Crippen LogP contribution in [0.1, 0.15) is 31.0 Å². The predicted molar refractivity (Wildman–Crippen MR) is 72.9 cm³/mol. The van der Waals surface area contributed by atoms with Crippen LogP contribution in [0.2, 0.25) is 0 Å². The van der Waals surface area contributed by atoms with Crippen molar-refractivity contribution in [1.82, 2.24) is 9.55 Å². The fourth-order valence-electron chi connectivity index (χ4n) is 2.73. The maximum absolute atomic E-state index is 8.85. The van der Waals surface area contributed by atoms with E-state index < -0.39 is 0 Å². The molecular formula is C15H15N3O2. The van der Waals surface area contributed by atoms with Gasteiger partial charge in [0.15, 0.2) is 11.5 Å². The van der Waals surface area contributed by atoms with Crippen LogP contribution in [0.25, 0.3) is 11.0 Å². The normalized spacial score (nSPS) is 17.1. The number of aryl methyl sites for hydroxylation is 1. The zero-order valence-electron chi connectivity index (χ0n) is 11.1. The molecule has 2 aliphatic rings. The molecule has 0 spiro atoms. The first kappa shape index (κ1) is 11.6. The Balaban J connectivity index is 1.87. The van der Waals surface area contributed by atoms with Gasteiger partial charge in [-0.2, -0.15) is 5.26 Å². The lowest BCUT2D eigenvalue weighted by Crippen LogP contribution is -2.15. The highest BCUT2D eigenvalue weighted by atomic mass is 16.6. The van der Waals surface area contributed by atoms with E-state index in [9.17, 15) is 0 Å². The van der Waals surface area contributed by atoms with E-state index in [1.807, 2.05) is 12.1 Å². The van der Waals surface area contributed by atoms with Crippen LogP contribution >= 0.6 is 0 Å². The summed E-state index contributed by atoms with van der Waals surface area (Å²) in [5, 5.41) is 8.85. The molecule has 0 N–H and O–H groups in total. The van der Waals surface area contributed by atoms with Gasteiger partial charge in [-0.25, -0.2) is 4.98 Å². The van der Waals surface area contributed by atoms with Gasteiger partial charge in [0.2, 0.25) is 0 Å². The number of hydrogen-bond acceptors (Lipinski definition) is 4. The second-order valence-electron chi connectivity index (χ2n) is 5.29. The minimum atomic E-state index is 0.500. The van der Waals surface area contributed by atoms with Gasteiger partial charge >= 0.3 is 0 Å². The Hall–Kier alpha value is -2.22. The van der Waals surface area contributed by atoms with E-state index in [0.717, 1.165) is 28.4 Å². The average molecular weight is 269 g/mol. The Bertz CT molecular complexity index is 710. The summed E-state index contributed by atoms with van der Waals surface area (Å²) in [5.41, 5.74) is 1.99. The van der Waals surface area contributed by atoms with Crippen molar-refractivity contribution in [2.45, 2.75) is 31.7 Å². The van der Waals surface area contributed by atoms with Crippen molar-refractivity contribution in [3.8, 4) is 17.6 Å². The highest BCUT2D eigenvalue weighted by Gasteiger charge is 2.30. The molecule has 2 heterocycles. The van der Waals surface area contributed by atoms with Crippen LogP contribution < -0.4 is 9.47 Å². The molecule has 4 rings (SSSR count). The second kappa shape index (κ2) is 4.41. The second-order valence-corrected chi connectivity index (χ2v) is 5.29. The van der Waals surface area contributed by atoms with Crippen molar-refractivity contribution in [2.24, 2.45) is 0 Å². The van der Waals surface area contributed by atoms with Gasteiger partial charge in [0, 0.05) is 24.6 Å². The lowest BCUT2D eigenvalue weighted by molar-refractivity contribution is 0.172. The fraction of sp³-hybridized carbons (Fsp3) is 0.467. The van der Waals surface area contributed by atoms with E-state index in [2.05, 4.69) is 10.6 Å². The van der Waals surface area contributed by atoms with Crippen LogP contribution in [0, 0.1) is 11.3 Å². The molecule has 20 heavy (non-hydrogen) atoms. The fourth-order valence-corrected chi connectivity index (χ4v) is 2.73. The van der Waals surface area contributed by atoms with Gasteiger partial charge < -0.3 is 14.0 Å². The van der Waals surface area contributed by atoms with Gasteiger partial charge in [-0.05, 0) is 12.8 Å². The standard InChI is InChI=1S/C15H15N3O2/c16-4-1-5-18-12-9-14-13(19-6-7-20-14)8-11(12)17-15(18)10-2-3-10/h8-10H,1-3,5-7H2. The summed E-state index contributed by atoms with van der Waals surface area (Å²) in [4.78, 5) is 4.75. The van der Waals surface area contributed by atoms with Crippen molar-refractivity contribution >= 4 is 11.0 Å². The molecule has 0 amide bonds. The number of ether oxygens (including phenoxy) is 2. The van der Waals surface area contributed by atoms with Gasteiger partial charge in [-0.15, -0.1) is 0 Å². The molecule has 102 valence electrons. The first-order valence-corrected chi connectivity index (χ1v) is 7.03. The van der Waals surface area contributed by atoms with Crippen molar-refractivity contribution in [3.05, 3.63) is 18.0 Å². The summed E-state index contributed by atoms with van der Waals surface area (Å²) < 4.78 is 13.4. The summed E-state index contributed by atoms with van der Waals surface area (Å²) in [6.07, 6.45) is 2.89. The molecule has 0 bridgehead atoms. The molecule has 0 saturated heterocycles. The molecule has 1 aromatic carbocycles. The number of benzene rings is 1. The van der Waals surface area contributed by atoms with Crippen molar-refractivity contribution < 1.29 is 9.47 Å². The third-order valence-corrected chi connectivity index (χ3v) is 3.83. The van der Waals surface area contributed by atoms with E-state index in [1.165, 1.54) is 12.8 Å². The minimum Gasteiger partial charge on any atom is -0.486 e. The molecule has 2 aromatic rings. The number of hydrogen-bond donors (Lipinski definition) is 0. The van der Waals surface area contributed by atoms with Gasteiger partial charge in [-0.3, -0.25) is 0 Å². The SMILES string of the molecule is N#CCCn1c(C2CC2)nc2cc3c(cc21)OCCO3. The molecule has 5 heteroatoms. The Labute approximate surface area is 116 Å². The lowest BCUT2D eigenvalue weighted by Gasteiger charge is -2.18. The number of rotatable bonds is 3. The van der Waals surface area contributed by atoms with Crippen LogP contribution in [0.4, 0.5) is 0 Å². The quantitative estimate of drug-likeness (QED) is 0.859. The molecule has 0 atom stereocenters. The first-order chi connectivity index (χ1) is 9.86. The lowest BCUT2D eigenvalue weighted by atomic mass is 10.2. The highest BCUT2D eigenvalue weighted by Crippen LogP contribution is 2.42. The van der Waals surface area contributed by atoms with Crippen molar-refractivity contribution in [1.29, 1.82) is 5.26 Å². The number of fused-ring (bicyclic) bond motifs is 2. The largest absolute Gasteiger partial charge is 0.486 e. The minimum absolute atomic E-state index is 0.500. The molecule has 1 saturated carbocycles. The zero-order chi connectivity index (χ0) is 13.5. The molecule has 5 nitrogen and oxygen atoms in total. The third-order valence-electron chi connectivity index (χ3n) is 3.83. The molecule has 0 radical (unpaired) electrons. The molecular weight excluding hydrogens is 254 g/mol. The van der Waals surface area contributed by atoms with Crippen molar-refractivity contribution in [2.75, 3.05) is 13.2 Å². The van der Waals surface area contributed by atoms with Crippen LogP contribution in [0.15, 0.2) is 12.1 Å². The van der Waals surface area contributed by atoms with Gasteiger partial charge in [0.25, 0.3) is 0 Å². The summed E-state index contributed by atoms with van der Waals surface area (Å²) in [5.74, 6) is 3.22. The van der Waals surface area contributed by atoms with E-state index in [4.69, 9.17) is 19.7 Å². The van der Waals surface area contributed by atoms with Crippen LogP contribution in [0.3, 0.4) is 0 Å². The molecule has 1 aliphatic heterocycles. The Morgan fingerprint density at radius 2 is 2.00 bits per heavy atom. The molecule has 1 aliphatic carbocycles. The van der Waals surface area contributed by atoms with E-state index in [0.29, 0.717) is 32.1 Å². The molecule has 0 unspecified atom stereocenters. The first-order valence-electron chi connectivity index (χ1n) is 7.03. The molecule has 1 aromatic heterocycles.